The number of nitrogens with zero attached hydrogens (tertiary/aromatic N) is 1. The molecule has 0 atom stereocenters. The third kappa shape index (κ3) is 1.53. The molecule has 2 rings (SSSR count). The average Bonchev–Trinajstić information content (AvgIpc) is 2.49. The van der Waals surface area contributed by atoms with Crippen LogP contribution in [-0.4, -0.2) is 12.0 Å². The van der Waals surface area contributed by atoms with Crippen LogP contribution < -0.4 is 5.32 Å². The summed E-state index contributed by atoms with van der Waals surface area (Å²) in [5.74, 6) is 0.658. The molecule has 3 nitrogen and oxygen atoms in total. The van der Waals surface area contributed by atoms with Crippen molar-refractivity contribution in [3.05, 3.63) is 29.1 Å². The van der Waals surface area contributed by atoms with Gasteiger partial charge in [0.1, 0.15) is 5.52 Å². The van der Waals surface area contributed by atoms with E-state index in [9.17, 15) is 0 Å². The zero-order valence-corrected chi connectivity index (χ0v) is 7.93. The lowest BCUT2D eigenvalue weighted by Crippen LogP contribution is -2.04. The highest BCUT2D eigenvalue weighted by atomic mass is 35.5. The first-order valence-electron chi connectivity index (χ1n) is 4.00. The number of para-hydroxylation sites is 1. The Morgan fingerprint density at radius 3 is 3.08 bits per heavy atom. The smallest absolute Gasteiger partial charge is 0.209 e. The molecule has 0 spiro atoms. The number of nitrogens with one attached hydrogen (secondary N) is 1. The van der Waals surface area contributed by atoms with Gasteiger partial charge in [-0.3, -0.25) is 0 Å². The molecule has 0 radical (unpaired) electrons. The molecule has 0 aliphatic heterocycles. The zero-order chi connectivity index (χ0) is 9.26. The number of halogens is 1. The molecule has 1 N–H and O–H groups in total. The molecule has 1 aromatic carbocycles. The summed E-state index contributed by atoms with van der Waals surface area (Å²) >= 11 is 5.92. The molecule has 1 aromatic heterocycles. The van der Waals surface area contributed by atoms with Gasteiger partial charge in [0.05, 0.1) is 11.6 Å². The second kappa shape index (κ2) is 3.36. The van der Waals surface area contributed by atoms with E-state index >= 15 is 0 Å². The van der Waals surface area contributed by atoms with Crippen LogP contribution in [0.5, 0.6) is 0 Å². The van der Waals surface area contributed by atoms with Gasteiger partial charge in [-0.25, -0.2) is 4.98 Å². The average molecular weight is 197 g/mol. The van der Waals surface area contributed by atoms with Crippen LogP contribution in [0.1, 0.15) is 5.89 Å². The minimum absolute atomic E-state index is 0.604. The van der Waals surface area contributed by atoms with E-state index in [1.54, 1.807) is 6.07 Å². The summed E-state index contributed by atoms with van der Waals surface area (Å²) in [5, 5.41) is 3.57. The Morgan fingerprint density at radius 2 is 2.38 bits per heavy atom. The third-order valence-corrected chi connectivity index (χ3v) is 2.04. The van der Waals surface area contributed by atoms with Crippen LogP contribution in [0, 0.1) is 0 Å². The Morgan fingerprint density at radius 1 is 1.54 bits per heavy atom. The predicted molar refractivity (Wildman–Crippen MR) is 51.8 cm³/mol. The topological polar surface area (TPSA) is 38.1 Å². The van der Waals surface area contributed by atoms with Crippen molar-refractivity contribution in [1.29, 1.82) is 0 Å². The van der Waals surface area contributed by atoms with Gasteiger partial charge in [-0.05, 0) is 19.2 Å². The number of hydrogen-bond donors (Lipinski definition) is 1. The second-order valence-corrected chi connectivity index (χ2v) is 3.13. The lowest BCUT2D eigenvalue weighted by atomic mass is 10.3. The van der Waals surface area contributed by atoms with E-state index in [0.717, 1.165) is 5.52 Å². The standard InChI is InChI=1S/C9H9ClN2O/c1-11-5-8-12-7-4-2-3-6(10)9(7)13-8/h2-4,11H,5H2,1H3. The number of oxazole rings is 1. The summed E-state index contributed by atoms with van der Waals surface area (Å²) in [6.07, 6.45) is 0. The van der Waals surface area contributed by atoms with E-state index in [1.165, 1.54) is 0 Å². The van der Waals surface area contributed by atoms with E-state index in [2.05, 4.69) is 10.3 Å². The molecule has 68 valence electrons. The van der Waals surface area contributed by atoms with Crippen LogP contribution in [-0.2, 0) is 6.54 Å². The van der Waals surface area contributed by atoms with Crippen molar-refractivity contribution >= 4 is 22.7 Å². The molecule has 2 aromatic rings. The van der Waals surface area contributed by atoms with Crippen molar-refractivity contribution in [2.24, 2.45) is 0 Å². The van der Waals surface area contributed by atoms with E-state index in [1.807, 2.05) is 19.2 Å². The van der Waals surface area contributed by atoms with Gasteiger partial charge in [0, 0.05) is 0 Å². The maximum absolute atomic E-state index is 5.92. The van der Waals surface area contributed by atoms with E-state index in [0.29, 0.717) is 23.0 Å². The fraction of sp³-hybridized carbons (Fsp3) is 0.222. The fourth-order valence-electron chi connectivity index (χ4n) is 1.19. The van der Waals surface area contributed by atoms with Gasteiger partial charge in [-0.2, -0.15) is 0 Å². The van der Waals surface area contributed by atoms with Crippen molar-refractivity contribution < 1.29 is 4.42 Å². The van der Waals surface area contributed by atoms with Crippen LogP contribution in [0.15, 0.2) is 22.6 Å². The van der Waals surface area contributed by atoms with Crippen LogP contribution >= 0.6 is 11.6 Å². The number of hydrogen-bond acceptors (Lipinski definition) is 3. The van der Waals surface area contributed by atoms with Gasteiger partial charge in [0.25, 0.3) is 0 Å². The normalized spacial score (nSPS) is 10.9. The molecular formula is C9H9ClN2O. The van der Waals surface area contributed by atoms with Crippen LogP contribution in [0.4, 0.5) is 0 Å². The maximum Gasteiger partial charge on any atom is 0.209 e. The highest BCUT2D eigenvalue weighted by Gasteiger charge is 2.06. The van der Waals surface area contributed by atoms with Crippen LogP contribution in [0.3, 0.4) is 0 Å². The van der Waals surface area contributed by atoms with Gasteiger partial charge >= 0.3 is 0 Å². The predicted octanol–water partition coefficient (Wildman–Crippen LogP) is 2.20. The summed E-state index contributed by atoms with van der Waals surface area (Å²) < 4.78 is 5.43. The number of aromatic nitrogens is 1. The van der Waals surface area contributed by atoms with E-state index < -0.39 is 0 Å². The van der Waals surface area contributed by atoms with Crippen molar-refractivity contribution in [1.82, 2.24) is 10.3 Å². The maximum atomic E-state index is 5.92. The molecule has 13 heavy (non-hydrogen) atoms. The lowest BCUT2D eigenvalue weighted by molar-refractivity contribution is 0.511. The summed E-state index contributed by atoms with van der Waals surface area (Å²) in [6.45, 7) is 0.616. The zero-order valence-electron chi connectivity index (χ0n) is 7.17. The quantitative estimate of drug-likeness (QED) is 0.800. The van der Waals surface area contributed by atoms with E-state index in [4.69, 9.17) is 16.0 Å². The highest BCUT2D eigenvalue weighted by Crippen LogP contribution is 2.23. The summed E-state index contributed by atoms with van der Waals surface area (Å²) in [5.41, 5.74) is 1.46. The van der Waals surface area contributed by atoms with E-state index in [-0.39, 0.29) is 0 Å². The van der Waals surface area contributed by atoms with Gasteiger partial charge in [-0.15, -0.1) is 0 Å². The molecule has 0 unspecified atom stereocenters. The summed E-state index contributed by atoms with van der Waals surface area (Å²) in [6, 6.07) is 5.53. The SMILES string of the molecule is CNCc1nc2cccc(Cl)c2o1. The monoisotopic (exact) mass is 196 g/mol. The molecule has 4 heteroatoms. The Hall–Kier alpha value is -1.06. The summed E-state index contributed by atoms with van der Waals surface area (Å²) in [4.78, 5) is 4.25. The molecule has 0 fully saturated rings. The fourth-order valence-corrected chi connectivity index (χ4v) is 1.40. The number of benzene rings is 1. The van der Waals surface area contributed by atoms with Crippen LogP contribution in [0.25, 0.3) is 11.1 Å². The minimum atomic E-state index is 0.604. The van der Waals surface area contributed by atoms with Crippen molar-refractivity contribution in [3.63, 3.8) is 0 Å². The first kappa shape index (κ1) is 8.53. The Bertz CT molecular complexity index is 424. The molecular weight excluding hydrogens is 188 g/mol. The number of fused-ring (bicyclic) bond motifs is 1. The van der Waals surface area contributed by atoms with Gasteiger partial charge in [0.15, 0.2) is 5.58 Å². The molecule has 0 saturated carbocycles. The molecule has 0 bridgehead atoms. The van der Waals surface area contributed by atoms with Gasteiger partial charge in [-0.1, -0.05) is 17.7 Å². The molecule has 0 amide bonds. The molecule has 0 aliphatic rings. The Balaban J connectivity index is 2.55. The van der Waals surface area contributed by atoms with Crippen molar-refractivity contribution in [2.75, 3.05) is 7.05 Å². The first-order valence-corrected chi connectivity index (χ1v) is 4.37. The minimum Gasteiger partial charge on any atom is -0.438 e. The first-order chi connectivity index (χ1) is 6.31. The van der Waals surface area contributed by atoms with Crippen molar-refractivity contribution in [2.45, 2.75) is 6.54 Å². The molecule has 0 saturated heterocycles. The Labute approximate surface area is 80.7 Å². The van der Waals surface area contributed by atoms with Crippen LogP contribution in [0.2, 0.25) is 5.02 Å². The summed E-state index contributed by atoms with van der Waals surface area (Å²) in [7, 11) is 1.84. The third-order valence-electron chi connectivity index (χ3n) is 1.74. The van der Waals surface area contributed by atoms with Gasteiger partial charge < -0.3 is 9.73 Å². The molecule has 1 heterocycles. The Kier molecular flexibility index (Phi) is 2.20. The molecule has 0 aliphatic carbocycles. The largest absolute Gasteiger partial charge is 0.438 e. The van der Waals surface area contributed by atoms with Gasteiger partial charge in [0.2, 0.25) is 5.89 Å². The van der Waals surface area contributed by atoms with Crippen molar-refractivity contribution in [3.8, 4) is 0 Å². The second-order valence-electron chi connectivity index (χ2n) is 2.73. The number of rotatable bonds is 2. The lowest BCUT2D eigenvalue weighted by Gasteiger charge is -1.89. The highest BCUT2D eigenvalue weighted by molar-refractivity contribution is 6.34.